The number of carbonyl (C=O) groups excluding carboxylic acids is 1. The minimum atomic E-state index is -3.27. The van der Waals surface area contributed by atoms with Crippen LogP contribution in [0.4, 0.5) is 16.3 Å². The van der Waals surface area contributed by atoms with Gasteiger partial charge in [0, 0.05) is 29.6 Å². The van der Waals surface area contributed by atoms with E-state index in [0.717, 1.165) is 0 Å². The number of amides is 1. The summed E-state index contributed by atoms with van der Waals surface area (Å²) in [7, 11) is -3.27. The Bertz CT molecular complexity index is 1270. The fourth-order valence-electron chi connectivity index (χ4n) is 3.67. The number of benzene rings is 2. The smallest absolute Gasteiger partial charge is 0.410 e. The third kappa shape index (κ3) is 6.55. The number of nitrogens with zero attached hydrogens (tertiary/aromatic N) is 3. The van der Waals surface area contributed by atoms with E-state index in [-0.39, 0.29) is 17.5 Å². The summed E-state index contributed by atoms with van der Waals surface area (Å²) in [5.74, 6) is 1.41. The first kappa shape index (κ1) is 24.6. The third-order valence-electron chi connectivity index (χ3n) is 5.58. The fraction of sp³-hybridized carbons (Fsp3) is 0.320. The molecule has 1 aliphatic heterocycles. The molecule has 2 aromatic carbocycles. The molecule has 184 valence electrons. The van der Waals surface area contributed by atoms with Crippen molar-refractivity contribution in [1.82, 2.24) is 9.97 Å². The Morgan fingerprint density at radius 1 is 1.14 bits per heavy atom. The second-order valence-corrected chi connectivity index (χ2v) is 10.6. The molecule has 1 N–H and O–H groups in total. The molecule has 10 heteroatoms. The number of morpholine rings is 1. The molecule has 0 spiro atoms. The molecule has 1 saturated heterocycles. The average molecular weight is 497 g/mol. The number of hydrogen-bond donors (Lipinski definition) is 1. The number of aromatic nitrogens is 2. The molecule has 2 heterocycles. The van der Waals surface area contributed by atoms with Gasteiger partial charge in [-0.25, -0.2) is 23.2 Å². The number of para-hydroxylation sites is 1. The fourth-order valence-corrected chi connectivity index (χ4v) is 4.47. The molecule has 35 heavy (non-hydrogen) atoms. The topological polar surface area (TPSA) is 111 Å². The zero-order valence-corrected chi connectivity index (χ0v) is 20.5. The number of nitrogens with one attached hydrogen (secondary N) is 1. The minimum Gasteiger partial charge on any atom is -0.410 e. The molecule has 0 saturated carbocycles. The van der Waals surface area contributed by atoms with Gasteiger partial charge in [-0.2, -0.15) is 0 Å². The quantitative estimate of drug-likeness (QED) is 0.524. The van der Waals surface area contributed by atoms with Crippen molar-refractivity contribution in [3.8, 4) is 17.1 Å². The van der Waals surface area contributed by atoms with Crippen molar-refractivity contribution in [2.24, 2.45) is 0 Å². The predicted octanol–water partition coefficient (Wildman–Crippen LogP) is 3.91. The van der Waals surface area contributed by atoms with Gasteiger partial charge in [-0.1, -0.05) is 25.1 Å². The molecule has 0 bridgehead atoms. The molecule has 1 fully saturated rings. The molecule has 1 atom stereocenters. The maximum Gasteiger partial charge on any atom is 0.417 e. The van der Waals surface area contributed by atoms with Crippen LogP contribution in [0.5, 0.6) is 5.75 Å². The van der Waals surface area contributed by atoms with Crippen LogP contribution >= 0.6 is 0 Å². The number of ether oxygens (including phenoxy) is 2. The van der Waals surface area contributed by atoms with Crippen molar-refractivity contribution in [3.63, 3.8) is 0 Å². The summed E-state index contributed by atoms with van der Waals surface area (Å²) in [5, 5.41) is 2.68. The number of sulfone groups is 1. The van der Waals surface area contributed by atoms with Crippen molar-refractivity contribution >= 4 is 27.4 Å². The Balaban J connectivity index is 1.57. The van der Waals surface area contributed by atoms with Crippen molar-refractivity contribution in [1.29, 1.82) is 0 Å². The van der Waals surface area contributed by atoms with Crippen molar-refractivity contribution in [2.75, 3.05) is 35.7 Å². The van der Waals surface area contributed by atoms with Gasteiger partial charge in [0.05, 0.1) is 30.7 Å². The zero-order chi connectivity index (χ0) is 24.8. The lowest BCUT2D eigenvalue weighted by Gasteiger charge is -2.34. The largest absolute Gasteiger partial charge is 0.417 e. The standard InChI is InChI=1S/C25H28N4O5S/c1-3-35(31,32)17-21-15-23(29-13-14-33-16-18(29)2)28-24(26-21)19-9-11-20(12-10-19)27-25(30)34-22-7-5-4-6-8-22/h4-12,15,18H,3,13-14,16-17H2,1-2H3,(H,27,30)/t18-/m0/s1. The first-order valence-corrected chi connectivity index (χ1v) is 13.2. The van der Waals surface area contributed by atoms with E-state index in [4.69, 9.17) is 14.5 Å². The second-order valence-electron chi connectivity index (χ2n) is 8.24. The lowest BCUT2D eigenvalue weighted by molar-refractivity contribution is 0.0985. The highest BCUT2D eigenvalue weighted by molar-refractivity contribution is 7.90. The number of hydrogen-bond acceptors (Lipinski definition) is 8. The van der Waals surface area contributed by atoms with E-state index in [0.29, 0.717) is 54.1 Å². The molecule has 4 rings (SSSR count). The maximum absolute atomic E-state index is 12.3. The molecule has 9 nitrogen and oxygen atoms in total. The van der Waals surface area contributed by atoms with Gasteiger partial charge in [-0.05, 0) is 43.3 Å². The van der Waals surface area contributed by atoms with Gasteiger partial charge < -0.3 is 14.4 Å². The molecule has 0 aliphatic carbocycles. The Morgan fingerprint density at radius 2 is 1.89 bits per heavy atom. The Labute approximate surface area is 205 Å². The van der Waals surface area contributed by atoms with Gasteiger partial charge in [0.15, 0.2) is 15.7 Å². The summed E-state index contributed by atoms with van der Waals surface area (Å²) in [6.45, 7) is 5.46. The number of rotatable bonds is 7. The monoisotopic (exact) mass is 496 g/mol. The molecule has 0 radical (unpaired) electrons. The Kier molecular flexibility index (Phi) is 7.62. The van der Waals surface area contributed by atoms with Crippen LogP contribution in [-0.2, 0) is 20.3 Å². The molecule has 1 amide bonds. The SMILES string of the molecule is CCS(=O)(=O)Cc1cc(N2CCOC[C@@H]2C)nc(-c2ccc(NC(=O)Oc3ccccc3)cc2)n1. The van der Waals surface area contributed by atoms with Gasteiger partial charge in [-0.3, -0.25) is 5.32 Å². The molecule has 0 unspecified atom stereocenters. The van der Waals surface area contributed by atoms with E-state index < -0.39 is 15.9 Å². The van der Waals surface area contributed by atoms with E-state index in [9.17, 15) is 13.2 Å². The molecular formula is C25H28N4O5S. The first-order chi connectivity index (χ1) is 16.8. The lowest BCUT2D eigenvalue weighted by Crippen LogP contribution is -2.44. The average Bonchev–Trinajstić information content (AvgIpc) is 2.85. The minimum absolute atomic E-state index is 0.0368. The summed E-state index contributed by atoms with van der Waals surface area (Å²) in [5.41, 5.74) is 1.69. The van der Waals surface area contributed by atoms with E-state index in [1.54, 1.807) is 61.5 Å². The number of anilines is 2. The number of carbonyl (C=O) groups is 1. The summed E-state index contributed by atoms with van der Waals surface area (Å²) in [6.07, 6.45) is -0.601. The predicted molar refractivity (Wildman–Crippen MR) is 134 cm³/mol. The zero-order valence-electron chi connectivity index (χ0n) is 19.7. The van der Waals surface area contributed by atoms with Crippen LogP contribution in [0.3, 0.4) is 0 Å². The van der Waals surface area contributed by atoms with E-state index in [2.05, 4.69) is 15.2 Å². The van der Waals surface area contributed by atoms with E-state index in [1.807, 2.05) is 13.0 Å². The highest BCUT2D eigenvalue weighted by atomic mass is 32.2. The van der Waals surface area contributed by atoms with Gasteiger partial charge in [0.1, 0.15) is 11.6 Å². The third-order valence-corrected chi connectivity index (χ3v) is 7.19. The Morgan fingerprint density at radius 3 is 2.57 bits per heavy atom. The van der Waals surface area contributed by atoms with Crippen LogP contribution in [0.2, 0.25) is 0 Å². The maximum atomic E-state index is 12.3. The summed E-state index contributed by atoms with van der Waals surface area (Å²) in [4.78, 5) is 23.5. The lowest BCUT2D eigenvalue weighted by atomic mass is 10.2. The highest BCUT2D eigenvalue weighted by Gasteiger charge is 2.23. The van der Waals surface area contributed by atoms with Gasteiger partial charge in [0.2, 0.25) is 0 Å². The van der Waals surface area contributed by atoms with Gasteiger partial charge >= 0.3 is 6.09 Å². The van der Waals surface area contributed by atoms with Crippen LogP contribution in [0, 0.1) is 0 Å². The van der Waals surface area contributed by atoms with Crippen molar-refractivity contribution in [2.45, 2.75) is 25.6 Å². The van der Waals surface area contributed by atoms with Crippen LogP contribution in [0.1, 0.15) is 19.5 Å². The van der Waals surface area contributed by atoms with Crippen LogP contribution in [0.25, 0.3) is 11.4 Å². The summed E-state index contributed by atoms with van der Waals surface area (Å²) < 4.78 is 35.4. The van der Waals surface area contributed by atoms with Crippen LogP contribution < -0.4 is 15.0 Å². The normalized spacial score (nSPS) is 16.1. The van der Waals surface area contributed by atoms with Crippen LogP contribution in [0.15, 0.2) is 60.7 Å². The highest BCUT2D eigenvalue weighted by Crippen LogP contribution is 2.25. The van der Waals surface area contributed by atoms with Crippen LogP contribution in [-0.4, -0.2) is 56.0 Å². The second kappa shape index (κ2) is 10.8. The van der Waals surface area contributed by atoms with Crippen molar-refractivity contribution in [3.05, 3.63) is 66.4 Å². The molecule has 3 aromatic rings. The Hall–Kier alpha value is -3.50. The van der Waals surface area contributed by atoms with Crippen molar-refractivity contribution < 1.29 is 22.7 Å². The summed E-state index contributed by atoms with van der Waals surface area (Å²) in [6, 6.07) is 17.6. The van der Waals surface area contributed by atoms with Gasteiger partial charge in [-0.15, -0.1) is 0 Å². The molecule has 1 aliphatic rings. The molecule has 1 aromatic heterocycles. The van der Waals surface area contributed by atoms with E-state index >= 15 is 0 Å². The van der Waals surface area contributed by atoms with Gasteiger partial charge in [0.25, 0.3) is 0 Å². The van der Waals surface area contributed by atoms with E-state index in [1.165, 1.54) is 0 Å². The summed E-state index contributed by atoms with van der Waals surface area (Å²) >= 11 is 0. The first-order valence-electron chi connectivity index (χ1n) is 11.4. The molecular weight excluding hydrogens is 468 g/mol.